The Balaban J connectivity index is 0.000000143. The van der Waals surface area contributed by atoms with Crippen LogP contribution in [0.3, 0.4) is 0 Å². The van der Waals surface area contributed by atoms with E-state index in [2.05, 4.69) is 88.6 Å². The second-order valence-electron chi connectivity index (χ2n) is 15.1. The van der Waals surface area contributed by atoms with Crippen LogP contribution in [0.25, 0.3) is 22.3 Å². The number of aryl methyl sites for hydroxylation is 2. The SMILES string of the molecule is CN1c2nc(Cl)ncc2OCC1c1ccccc1.Cc1cc(-c2ccc(N)cc2)ccn1.Cc1cc(-c2ccc(Nc3ncc4c(n3)N(C)C(c3ccccc3)CO4)cc2)ccn1. The highest BCUT2D eigenvalue weighted by Gasteiger charge is 2.29. The minimum Gasteiger partial charge on any atom is -0.486 e. The van der Waals surface area contributed by atoms with E-state index in [1.54, 1.807) is 12.4 Å². The van der Waals surface area contributed by atoms with Crippen molar-refractivity contribution < 1.29 is 9.47 Å². The Bertz CT molecular complexity index is 2760. The predicted molar refractivity (Wildman–Crippen MR) is 252 cm³/mol. The second-order valence-corrected chi connectivity index (χ2v) is 15.4. The van der Waals surface area contributed by atoms with Gasteiger partial charge in [-0.3, -0.25) is 9.97 Å². The van der Waals surface area contributed by atoms with Gasteiger partial charge in [0.15, 0.2) is 23.1 Å². The van der Waals surface area contributed by atoms with E-state index in [4.69, 9.17) is 31.8 Å². The fraction of sp³-hybridized carbons (Fsp3) is 0.160. The molecular weight excluding hydrogens is 808 g/mol. The number of nitrogens with zero attached hydrogens (tertiary/aromatic N) is 8. The predicted octanol–water partition coefficient (Wildman–Crippen LogP) is 10.5. The first kappa shape index (κ1) is 42.1. The number of nitrogens with two attached hydrogens (primary N) is 1. The maximum absolute atomic E-state index is 5.94. The summed E-state index contributed by atoms with van der Waals surface area (Å²) in [5, 5.41) is 3.54. The first-order valence-corrected chi connectivity index (χ1v) is 20.9. The lowest BCUT2D eigenvalue weighted by Crippen LogP contribution is -2.34. The Labute approximate surface area is 372 Å². The molecule has 0 spiro atoms. The highest BCUT2D eigenvalue weighted by Crippen LogP contribution is 2.38. The molecular formula is C50H47ClN10O2. The van der Waals surface area contributed by atoms with Gasteiger partial charge in [-0.05, 0) is 107 Å². The van der Waals surface area contributed by atoms with Crippen LogP contribution in [0, 0.1) is 13.8 Å². The van der Waals surface area contributed by atoms with Crippen LogP contribution in [0.2, 0.25) is 5.28 Å². The van der Waals surface area contributed by atoms with E-state index in [0.29, 0.717) is 30.7 Å². The molecule has 63 heavy (non-hydrogen) atoms. The molecule has 6 heterocycles. The number of hydrogen-bond donors (Lipinski definition) is 2. The van der Waals surface area contributed by atoms with Gasteiger partial charge in [-0.1, -0.05) is 84.9 Å². The van der Waals surface area contributed by atoms with Crippen molar-refractivity contribution in [3.63, 3.8) is 0 Å². The van der Waals surface area contributed by atoms with Crippen LogP contribution in [-0.2, 0) is 0 Å². The van der Waals surface area contributed by atoms with E-state index in [1.807, 2.05) is 125 Å². The van der Waals surface area contributed by atoms with Crippen LogP contribution in [-0.4, -0.2) is 57.2 Å². The molecule has 0 aliphatic carbocycles. The third-order valence-corrected chi connectivity index (χ3v) is 10.9. The monoisotopic (exact) mass is 854 g/mol. The number of benzene rings is 4. The van der Waals surface area contributed by atoms with Crippen LogP contribution < -0.4 is 30.3 Å². The lowest BCUT2D eigenvalue weighted by atomic mass is 10.1. The number of fused-ring (bicyclic) bond motifs is 2. The lowest BCUT2D eigenvalue weighted by molar-refractivity contribution is 0.265. The largest absolute Gasteiger partial charge is 0.486 e. The average molecular weight is 855 g/mol. The summed E-state index contributed by atoms with van der Waals surface area (Å²) in [5.41, 5.74) is 16.4. The van der Waals surface area contributed by atoms with Crippen LogP contribution in [0.15, 0.2) is 158 Å². The highest BCUT2D eigenvalue weighted by molar-refractivity contribution is 6.28. The first-order valence-electron chi connectivity index (χ1n) is 20.5. The number of ether oxygens (including phenoxy) is 2. The molecule has 0 fully saturated rings. The second kappa shape index (κ2) is 19.4. The van der Waals surface area contributed by atoms with E-state index in [0.717, 1.165) is 45.5 Å². The summed E-state index contributed by atoms with van der Waals surface area (Å²) in [6, 6.07) is 45.0. The summed E-state index contributed by atoms with van der Waals surface area (Å²) < 4.78 is 11.6. The molecule has 316 valence electrons. The standard InChI is InChI=1S/C25H23N5O.C13H12ClN3O.C12H12N2/c1-17-14-20(12-13-26-17)18-8-10-21(11-9-18)28-25-27-15-23-24(29-25)30(2)22(16-31-23)19-6-4-3-5-7-19;1-17-10(9-5-3-2-4-6-9)8-18-11-7-15-13(14)16-12(11)17;1-9-8-11(6-7-14-9)10-2-4-12(13)5-3-10/h3-15,22H,16H2,1-2H3,(H,27,28,29);2-7,10H,8H2,1H3;2-8H,13H2,1H3. The molecule has 2 aliphatic heterocycles. The van der Waals surface area contributed by atoms with Gasteiger partial charge in [0.1, 0.15) is 13.2 Å². The Hall–Kier alpha value is -7.57. The molecule has 0 amide bonds. The van der Waals surface area contributed by atoms with E-state index in [9.17, 15) is 0 Å². The van der Waals surface area contributed by atoms with Crippen molar-refractivity contribution >= 4 is 40.6 Å². The number of rotatable bonds is 6. The van der Waals surface area contributed by atoms with Gasteiger partial charge in [-0.25, -0.2) is 9.97 Å². The summed E-state index contributed by atoms with van der Waals surface area (Å²) in [4.78, 5) is 30.0. The van der Waals surface area contributed by atoms with Gasteiger partial charge < -0.3 is 30.3 Å². The molecule has 8 aromatic rings. The molecule has 0 bridgehead atoms. The van der Waals surface area contributed by atoms with Gasteiger partial charge in [-0.2, -0.15) is 9.97 Å². The zero-order chi connectivity index (χ0) is 43.7. The Kier molecular flexibility index (Phi) is 13.0. The van der Waals surface area contributed by atoms with Crippen LogP contribution in [0.4, 0.5) is 29.0 Å². The van der Waals surface area contributed by atoms with Gasteiger partial charge in [0.25, 0.3) is 0 Å². The van der Waals surface area contributed by atoms with Gasteiger partial charge in [0.2, 0.25) is 11.2 Å². The third kappa shape index (κ3) is 10.3. The van der Waals surface area contributed by atoms with Crippen LogP contribution >= 0.6 is 11.6 Å². The molecule has 12 nitrogen and oxygen atoms in total. The summed E-state index contributed by atoms with van der Waals surface area (Å²) in [6.45, 7) is 5.13. The molecule has 2 unspecified atom stereocenters. The average Bonchev–Trinajstić information content (AvgIpc) is 3.31. The fourth-order valence-corrected chi connectivity index (χ4v) is 7.45. The lowest BCUT2D eigenvalue weighted by Gasteiger charge is -2.34. The zero-order valence-electron chi connectivity index (χ0n) is 35.4. The van der Waals surface area contributed by atoms with Crippen molar-refractivity contribution in [3.05, 3.63) is 186 Å². The number of pyridine rings is 2. The Morgan fingerprint density at radius 2 is 1.05 bits per heavy atom. The summed E-state index contributed by atoms with van der Waals surface area (Å²) in [7, 11) is 4.03. The van der Waals surface area contributed by atoms with Gasteiger partial charge in [0, 0.05) is 49.3 Å². The van der Waals surface area contributed by atoms with Crippen molar-refractivity contribution in [1.82, 2.24) is 29.9 Å². The van der Waals surface area contributed by atoms with Crippen LogP contribution in [0.5, 0.6) is 11.5 Å². The molecule has 10 rings (SSSR count). The van der Waals surface area contributed by atoms with E-state index >= 15 is 0 Å². The minimum atomic E-state index is 0.111. The van der Waals surface area contributed by atoms with Crippen molar-refractivity contribution in [3.8, 4) is 33.8 Å². The normalized spacial score (nSPS) is 14.9. The van der Waals surface area contributed by atoms with Crippen molar-refractivity contribution in [2.24, 2.45) is 0 Å². The molecule has 0 radical (unpaired) electrons. The number of anilines is 5. The van der Waals surface area contributed by atoms with Crippen molar-refractivity contribution in [2.45, 2.75) is 25.9 Å². The summed E-state index contributed by atoms with van der Waals surface area (Å²) in [6.07, 6.45) is 7.00. The molecule has 0 saturated carbocycles. The smallest absolute Gasteiger partial charge is 0.229 e. The molecule has 2 atom stereocenters. The van der Waals surface area contributed by atoms with Gasteiger partial charge >= 0.3 is 0 Å². The third-order valence-electron chi connectivity index (χ3n) is 10.7. The molecule has 13 heteroatoms. The van der Waals surface area contributed by atoms with Crippen LogP contribution in [0.1, 0.15) is 34.6 Å². The summed E-state index contributed by atoms with van der Waals surface area (Å²) in [5.74, 6) is 3.42. The van der Waals surface area contributed by atoms with E-state index in [1.165, 1.54) is 22.3 Å². The minimum absolute atomic E-state index is 0.111. The first-order chi connectivity index (χ1) is 30.7. The number of halogens is 1. The highest BCUT2D eigenvalue weighted by atomic mass is 35.5. The number of hydrogen-bond acceptors (Lipinski definition) is 12. The maximum atomic E-state index is 5.94. The number of nitrogen functional groups attached to an aromatic ring is 1. The summed E-state index contributed by atoms with van der Waals surface area (Å²) >= 11 is 5.83. The Morgan fingerprint density at radius 1 is 0.571 bits per heavy atom. The Morgan fingerprint density at radius 3 is 1.56 bits per heavy atom. The van der Waals surface area contributed by atoms with Crippen molar-refractivity contribution in [1.29, 1.82) is 0 Å². The molecule has 4 aromatic heterocycles. The van der Waals surface area contributed by atoms with E-state index < -0.39 is 0 Å². The maximum Gasteiger partial charge on any atom is 0.229 e. The van der Waals surface area contributed by atoms with Crippen molar-refractivity contribution in [2.75, 3.05) is 48.2 Å². The molecule has 4 aromatic carbocycles. The number of likely N-dealkylation sites (N-methyl/N-ethyl adjacent to an activating group) is 2. The topological polar surface area (TPSA) is 140 Å². The van der Waals surface area contributed by atoms with Gasteiger partial charge in [0.05, 0.1) is 24.5 Å². The number of aromatic nitrogens is 6. The van der Waals surface area contributed by atoms with Gasteiger partial charge in [-0.15, -0.1) is 0 Å². The molecule has 0 saturated heterocycles. The zero-order valence-corrected chi connectivity index (χ0v) is 36.2. The quantitative estimate of drug-likeness (QED) is 0.121. The fourth-order valence-electron chi connectivity index (χ4n) is 7.32. The molecule has 3 N–H and O–H groups in total. The molecule has 2 aliphatic rings. The number of nitrogens with one attached hydrogen (secondary N) is 1. The van der Waals surface area contributed by atoms with E-state index in [-0.39, 0.29) is 17.4 Å².